The maximum Gasteiger partial charge on any atom is 0.239 e. The van der Waals surface area contributed by atoms with E-state index >= 15 is 0 Å². The van der Waals surface area contributed by atoms with Gasteiger partial charge in [-0.15, -0.1) is 0 Å². The van der Waals surface area contributed by atoms with Gasteiger partial charge in [0.15, 0.2) is 0 Å². The highest BCUT2D eigenvalue weighted by atomic mass is 35.5. The number of halogens is 1. The van der Waals surface area contributed by atoms with Crippen LogP contribution in [0.4, 0.5) is 11.6 Å². The van der Waals surface area contributed by atoms with E-state index in [1.54, 1.807) is 6.33 Å². The van der Waals surface area contributed by atoms with Crippen LogP contribution in [0.2, 0.25) is 5.02 Å². The number of nitrogens with one attached hydrogen (secondary N) is 1. The predicted octanol–water partition coefficient (Wildman–Crippen LogP) is 2.10. The van der Waals surface area contributed by atoms with E-state index in [4.69, 9.17) is 17.3 Å². The Morgan fingerprint density at radius 1 is 1.24 bits per heavy atom. The molecule has 3 heterocycles. The van der Waals surface area contributed by atoms with E-state index in [0.29, 0.717) is 30.6 Å². The number of anilines is 2. The van der Waals surface area contributed by atoms with Gasteiger partial charge in [0.05, 0.1) is 6.04 Å². The lowest BCUT2D eigenvalue weighted by atomic mass is 10.0. The van der Waals surface area contributed by atoms with Gasteiger partial charge in [0.2, 0.25) is 5.91 Å². The number of hydrogen-bond donors (Lipinski definition) is 2. The molecule has 1 aromatic heterocycles. The highest BCUT2D eigenvalue weighted by Crippen LogP contribution is 2.30. The fourth-order valence-corrected chi connectivity index (χ4v) is 4.16. The van der Waals surface area contributed by atoms with Crippen molar-refractivity contribution in [3.63, 3.8) is 0 Å². The quantitative estimate of drug-likeness (QED) is 0.796. The lowest BCUT2D eigenvalue weighted by Crippen LogP contribution is -2.54. The number of amides is 1. The average molecular weight is 415 g/mol. The highest BCUT2D eigenvalue weighted by Gasteiger charge is 2.28. The van der Waals surface area contributed by atoms with Crippen LogP contribution in [0.5, 0.6) is 0 Å². The minimum atomic E-state index is -0.541. The molecule has 2 aliphatic heterocycles. The Bertz CT molecular complexity index is 866. The zero-order chi connectivity index (χ0) is 20.4. The minimum absolute atomic E-state index is 0.000178. The SMILES string of the molecule is CC1CCc2c(ncnc2N2CCN(C(=O)C(N)Cc3ccc(Cl)cc3)CC2)N1. The standard InChI is InChI=1S/C21H27ClN6O/c1-14-2-7-17-19(26-14)24-13-25-20(17)27-8-10-28(11-9-27)21(29)18(23)12-15-3-5-16(22)6-4-15/h3-6,13-14,18H,2,7-12,23H2,1H3,(H,24,25,26). The molecular weight excluding hydrogens is 388 g/mol. The Kier molecular flexibility index (Phi) is 5.87. The number of rotatable bonds is 4. The number of piperazine rings is 1. The number of nitrogens with two attached hydrogens (primary N) is 1. The summed E-state index contributed by atoms with van der Waals surface area (Å²) < 4.78 is 0. The summed E-state index contributed by atoms with van der Waals surface area (Å²) >= 11 is 5.92. The van der Waals surface area contributed by atoms with E-state index in [0.717, 1.165) is 43.1 Å². The van der Waals surface area contributed by atoms with Crippen LogP contribution in [-0.2, 0) is 17.6 Å². The van der Waals surface area contributed by atoms with Crippen LogP contribution in [-0.4, -0.2) is 59.0 Å². The molecule has 29 heavy (non-hydrogen) atoms. The first kappa shape index (κ1) is 19.9. The Balaban J connectivity index is 1.36. The first-order chi connectivity index (χ1) is 14.0. The van der Waals surface area contributed by atoms with Crippen LogP contribution in [0, 0.1) is 0 Å². The number of carbonyl (C=O) groups is 1. The van der Waals surface area contributed by atoms with E-state index in [1.807, 2.05) is 29.2 Å². The molecule has 2 atom stereocenters. The van der Waals surface area contributed by atoms with E-state index in [2.05, 4.69) is 27.1 Å². The van der Waals surface area contributed by atoms with Crippen molar-refractivity contribution in [3.8, 4) is 0 Å². The molecule has 0 saturated carbocycles. The highest BCUT2D eigenvalue weighted by molar-refractivity contribution is 6.30. The number of fused-ring (bicyclic) bond motifs is 1. The minimum Gasteiger partial charge on any atom is -0.367 e. The Morgan fingerprint density at radius 3 is 2.69 bits per heavy atom. The first-order valence-electron chi connectivity index (χ1n) is 10.2. The smallest absolute Gasteiger partial charge is 0.239 e. The number of carbonyl (C=O) groups excluding carboxylic acids is 1. The maximum absolute atomic E-state index is 12.8. The van der Waals surface area contributed by atoms with Gasteiger partial charge in [0, 0.05) is 42.8 Å². The first-order valence-corrected chi connectivity index (χ1v) is 10.5. The Hall–Kier alpha value is -2.38. The van der Waals surface area contributed by atoms with Crippen LogP contribution < -0.4 is 16.0 Å². The molecule has 4 rings (SSSR count). The van der Waals surface area contributed by atoms with Crippen molar-refractivity contribution in [2.24, 2.45) is 5.73 Å². The maximum atomic E-state index is 12.8. The third-order valence-corrected chi connectivity index (χ3v) is 5.96. The molecule has 8 heteroatoms. The van der Waals surface area contributed by atoms with Crippen LogP contribution >= 0.6 is 11.6 Å². The third kappa shape index (κ3) is 4.46. The molecule has 2 aromatic rings. The van der Waals surface area contributed by atoms with Crippen LogP contribution in [0.1, 0.15) is 24.5 Å². The predicted molar refractivity (Wildman–Crippen MR) is 115 cm³/mol. The fourth-order valence-electron chi connectivity index (χ4n) is 4.03. The van der Waals surface area contributed by atoms with Crippen LogP contribution in [0.15, 0.2) is 30.6 Å². The van der Waals surface area contributed by atoms with E-state index < -0.39 is 6.04 Å². The van der Waals surface area contributed by atoms with E-state index in [9.17, 15) is 4.79 Å². The van der Waals surface area contributed by atoms with Gasteiger partial charge in [-0.2, -0.15) is 0 Å². The van der Waals surface area contributed by atoms with E-state index in [-0.39, 0.29) is 5.91 Å². The zero-order valence-corrected chi connectivity index (χ0v) is 17.4. The molecule has 2 unspecified atom stereocenters. The summed E-state index contributed by atoms with van der Waals surface area (Å²) in [6, 6.07) is 7.37. The fraction of sp³-hybridized carbons (Fsp3) is 0.476. The number of nitrogens with zero attached hydrogens (tertiary/aromatic N) is 4. The molecule has 7 nitrogen and oxygen atoms in total. The second kappa shape index (κ2) is 8.55. The summed E-state index contributed by atoms with van der Waals surface area (Å²) in [6.07, 6.45) is 4.19. The third-order valence-electron chi connectivity index (χ3n) is 5.71. The molecule has 1 saturated heterocycles. The van der Waals surface area contributed by atoms with Crippen LogP contribution in [0.3, 0.4) is 0 Å². The van der Waals surface area contributed by atoms with Crippen LogP contribution in [0.25, 0.3) is 0 Å². The normalized spacial score (nSPS) is 20.0. The van der Waals surface area contributed by atoms with Gasteiger partial charge in [-0.3, -0.25) is 4.79 Å². The Morgan fingerprint density at radius 2 is 1.97 bits per heavy atom. The van der Waals surface area contributed by atoms with Crippen molar-refractivity contribution >= 4 is 29.1 Å². The van der Waals surface area contributed by atoms with E-state index in [1.165, 1.54) is 5.56 Å². The topological polar surface area (TPSA) is 87.4 Å². The van der Waals surface area contributed by atoms with Gasteiger partial charge >= 0.3 is 0 Å². The second-order valence-corrected chi connectivity index (χ2v) is 8.29. The molecule has 2 aliphatic rings. The second-order valence-electron chi connectivity index (χ2n) is 7.86. The number of benzene rings is 1. The summed E-state index contributed by atoms with van der Waals surface area (Å²) in [5.74, 6) is 1.93. The van der Waals surface area contributed by atoms with Crippen molar-refractivity contribution < 1.29 is 4.79 Å². The largest absolute Gasteiger partial charge is 0.367 e. The van der Waals surface area contributed by atoms with Gasteiger partial charge in [-0.25, -0.2) is 9.97 Å². The summed E-state index contributed by atoms with van der Waals surface area (Å²) in [7, 11) is 0. The molecule has 1 aromatic carbocycles. The van der Waals surface area contributed by atoms with Crippen molar-refractivity contribution in [1.82, 2.24) is 14.9 Å². The molecule has 154 valence electrons. The van der Waals surface area contributed by atoms with Crippen molar-refractivity contribution in [2.45, 2.75) is 38.3 Å². The van der Waals surface area contributed by atoms with Gasteiger partial charge in [0.1, 0.15) is 18.0 Å². The molecule has 0 radical (unpaired) electrons. The van der Waals surface area contributed by atoms with Crippen molar-refractivity contribution in [3.05, 3.63) is 46.7 Å². The lowest BCUT2D eigenvalue weighted by molar-refractivity contribution is -0.132. The van der Waals surface area contributed by atoms with Gasteiger partial charge in [0.25, 0.3) is 0 Å². The number of aromatic nitrogens is 2. The van der Waals surface area contributed by atoms with Gasteiger partial charge < -0.3 is 20.9 Å². The molecule has 1 amide bonds. The molecule has 3 N–H and O–H groups in total. The number of hydrogen-bond acceptors (Lipinski definition) is 6. The molecule has 0 aliphatic carbocycles. The van der Waals surface area contributed by atoms with Crippen molar-refractivity contribution in [2.75, 3.05) is 36.4 Å². The molecule has 0 spiro atoms. The molecular formula is C21H27ClN6O. The summed E-state index contributed by atoms with van der Waals surface area (Å²) in [5.41, 5.74) is 8.40. The van der Waals surface area contributed by atoms with Gasteiger partial charge in [-0.05, 0) is 43.9 Å². The zero-order valence-electron chi connectivity index (χ0n) is 16.6. The average Bonchev–Trinajstić information content (AvgIpc) is 2.74. The Labute approximate surface area is 176 Å². The van der Waals surface area contributed by atoms with Crippen molar-refractivity contribution in [1.29, 1.82) is 0 Å². The summed E-state index contributed by atoms with van der Waals surface area (Å²) in [4.78, 5) is 25.9. The summed E-state index contributed by atoms with van der Waals surface area (Å²) in [5, 5.41) is 4.12. The molecule has 1 fully saturated rings. The molecule has 0 bridgehead atoms. The summed E-state index contributed by atoms with van der Waals surface area (Å²) in [6.45, 7) is 4.96. The monoisotopic (exact) mass is 414 g/mol. The van der Waals surface area contributed by atoms with Gasteiger partial charge in [-0.1, -0.05) is 23.7 Å². The lowest BCUT2D eigenvalue weighted by Gasteiger charge is -2.38.